The Morgan fingerprint density at radius 1 is 1.06 bits per heavy atom. The van der Waals surface area contributed by atoms with Crippen molar-refractivity contribution >= 4 is 23.2 Å². The molecule has 4 rings (SSSR count). The van der Waals surface area contributed by atoms with E-state index >= 15 is 0 Å². The van der Waals surface area contributed by atoms with Crippen LogP contribution in [0.25, 0.3) is 0 Å². The van der Waals surface area contributed by atoms with Crippen LogP contribution in [0.3, 0.4) is 0 Å². The minimum absolute atomic E-state index is 0.112. The number of thiazole rings is 1. The van der Waals surface area contributed by atoms with Crippen LogP contribution in [0.4, 0.5) is 0 Å². The van der Waals surface area contributed by atoms with Crippen LogP contribution in [0.1, 0.15) is 60.4 Å². The number of nitrogens with zero attached hydrogens (tertiary/aromatic N) is 2. The average molecular weight is 472 g/mol. The lowest BCUT2D eigenvalue weighted by Gasteiger charge is -2.35. The Kier molecular flexibility index (Phi) is 8.11. The number of aromatic nitrogens is 1. The van der Waals surface area contributed by atoms with Crippen molar-refractivity contribution in [2.75, 3.05) is 6.54 Å². The fourth-order valence-electron chi connectivity index (χ4n) is 5.10. The summed E-state index contributed by atoms with van der Waals surface area (Å²) in [5.41, 5.74) is 1.18. The molecule has 3 atom stereocenters. The minimum atomic E-state index is -1.80. The lowest BCUT2D eigenvalue weighted by atomic mass is 9.83. The van der Waals surface area contributed by atoms with E-state index in [9.17, 15) is 19.8 Å². The highest BCUT2D eigenvalue weighted by Crippen LogP contribution is 2.34. The first kappa shape index (κ1) is 23.9. The molecule has 1 aliphatic heterocycles. The van der Waals surface area contributed by atoms with E-state index in [4.69, 9.17) is 0 Å². The van der Waals surface area contributed by atoms with E-state index in [-0.39, 0.29) is 12.6 Å². The first-order valence-corrected chi connectivity index (χ1v) is 12.8. The van der Waals surface area contributed by atoms with Gasteiger partial charge in [-0.05, 0) is 37.2 Å². The maximum absolute atomic E-state index is 12.9. The summed E-state index contributed by atoms with van der Waals surface area (Å²) in [5.74, 6) is -0.840. The molecular formula is C25H33N3O4S. The van der Waals surface area contributed by atoms with Crippen LogP contribution in [-0.4, -0.2) is 56.7 Å². The SMILES string of the molecule is O=C(NCc1ncc(Cc2ccccc2)s1)[C@H](O)[C@@H](O)C(=O)N1CCCC1C1CCCCC1. The number of aliphatic hydroxyl groups excluding tert-OH is 2. The first-order valence-electron chi connectivity index (χ1n) is 11.9. The molecule has 7 nitrogen and oxygen atoms in total. The highest BCUT2D eigenvalue weighted by molar-refractivity contribution is 7.11. The summed E-state index contributed by atoms with van der Waals surface area (Å²) in [4.78, 5) is 32.5. The smallest absolute Gasteiger partial charge is 0.254 e. The lowest BCUT2D eigenvalue weighted by Crippen LogP contribution is -2.52. The maximum atomic E-state index is 12.9. The fraction of sp³-hybridized carbons (Fsp3) is 0.560. The third-order valence-corrected chi connectivity index (χ3v) is 7.83. The quantitative estimate of drug-likeness (QED) is 0.549. The molecule has 1 saturated heterocycles. The Hall–Kier alpha value is -2.29. The average Bonchev–Trinajstić information content (AvgIpc) is 3.52. The predicted octanol–water partition coefficient (Wildman–Crippen LogP) is 2.64. The molecule has 2 fully saturated rings. The number of amides is 2. The zero-order valence-electron chi connectivity index (χ0n) is 18.9. The van der Waals surface area contributed by atoms with Gasteiger partial charge in [0.05, 0.1) is 6.54 Å². The van der Waals surface area contributed by atoms with Gasteiger partial charge in [0.25, 0.3) is 11.8 Å². The van der Waals surface area contributed by atoms with Gasteiger partial charge in [0, 0.05) is 30.1 Å². The fourth-order valence-corrected chi connectivity index (χ4v) is 6.00. The summed E-state index contributed by atoms with van der Waals surface area (Å²) in [6.07, 6.45) is 6.65. The summed E-state index contributed by atoms with van der Waals surface area (Å²) in [7, 11) is 0. The molecule has 0 spiro atoms. The van der Waals surface area contributed by atoms with Crippen molar-refractivity contribution in [3.8, 4) is 0 Å². The van der Waals surface area contributed by atoms with Gasteiger partial charge in [0.1, 0.15) is 5.01 Å². The molecule has 2 aliphatic rings. The van der Waals surface area contributed by atoms with Crippen LogP contribution in [0.2, 0.25) is 0 Å². The third kappa shape index (κ3) is 5.99. The molecular weight excluding hydrogens is 438 g/mol. The number of benzene rings is 1. The lowest BCUT2D eigenvalue weighted by molar-refractivity contribution is -0.154. The van der Waals surface area contributed by atoms with Crippen LogP contribution in [0.15, 0.2) is 36.5 Å². The predicted molar refractivity (Wildman–Crippen MR) is 127 cm³/mol. The van der Waals surface area contributed by atoms with Crippen molar-refractivity contribution < 1.29 is 19.8 Å². The van der Waals surface area contributed by atoms with Crippen LogP contribution < -0.4 is 5.32 Å². The summed E-state index contributed by atoms with van der Waals surface area (Å²) < 4.78 is 0. The number of hydrogen-bond donors (Lipinski definition) is 3. The number of rotatable bonds is 8. The van der Waals surface area contributed by atoms with Crippen molar-refractivity contribution in [1.82, 2.24) is 15.2 Å². The second-order valence-electron chi connectivity index (χ2n) is 9.13. The molecule has 1 aliphatic carbocycles. The van der Waals surface area contributed by atoms with E-state index < -0.39 is 24.0 Å². The van der Waals surface area contributed by atoms with Gasteiger partial charge in [0.2, 0.25) is 0 Å². The van der Waals surface area contributed by atoms with Gasteiger partial charge < -0.3 is 20.4 Å². The normalized spacial score (nSPS) is 21.0. The molecule has 1 aromatic heterocycles. The molecule has 1 unspecified atom stereocenters. The highest BCUT2D eigenvalue weighted by atomic mass is 32.1. The van der Waals surface area contributed by atoms with E-state index in [0.717, 1.165) is 37.0 Å². The van der Waals surface area contributed by atoms with Crippen molar-refractivity contribution in [1.29, 1.82) is 0 Å². The molecule has 178 valence electrons. The molecule has 2 amide bonds. The van der Waals surface area contributed by atoms with Crippen molar-refractivity contribution in [2.45, 2.75) is 76.2 Å². The minimum Gasteiger partial charge on any atom is -0.380 e. The van der Waals surface area contributed by atoms with Crippen molar-refractivity contribution in [2.24, 2.45) is 5.92 Å². The molecule has 1 aromatic carbocycles. The van der Waals surface area contributed by atoms with Gasteiger partial charge in [-0.1, -0.05) is 49.6 Å². The van der Waals surface area contributed by atoms with Crippen molar-refractivity contribution in [3.63, 3.8) is 0 Å². The van der Waals surface area contributed by atoms with Gasteiger partial charge in [0.15, 0.2) is 12.2 Å². The standard InChI is InChI=1S/C25H33N3O4S/c29-22(23(30)25(32)28-13-7-12-20(28)18-10-5-2-6-11-18)24(31)27-16-21-26-15-19(33-21)14-17-8-3-1-4-9-17/h1,3-4,8-9,15,18,20,22-23,29-30H,2,5-7,10-14,16H2,(H,27,31)/t20?,22-,23-/m1/s1. The van der Waals surface area contributed by atoms with E-state index in [1.54, 1.807) is 11.1 Å². The summed E-state index contributed by atoms with van der Waals surface area (Å²) >= 11 is 1.49. The second-order valence-corrected chi connectivity index (χ2v) is 10.3. The molecule has 2 heterocycles. The topological polar surface area (TPSA) is 103 Å². The molecule has 0 bridgehead atoms. The van der Waals surface area contributed by atoms with Crippen LogP contribution >= 0.6 is 11.3 Å². The van der Waals surface area contributed by atoms with Gasteiger partial charge in [-0.2, -0.15) is 0 Å². The van der Waals surface area contributed by atoms with Crippen LogP contribution in [0, 0.1) is 5.92 Å². The Balaban J connectivity index is 1.28. The van der Waals surface area contributed by atoms with Gasteiger partial charge in [-0.15, -0.1) is 11.3 Å². The highest BCUT2D eigenvalue weighted by Gasteiger charge is 2.40. The second kappa shape index (κ2) is 11.2. The van der Waals surface area contributed by atoms with E-state index in [1.807, 2.05) is 18.2 Å². The van der Waals surface area contributed by atoms with Gasteiger partial charge in [-0.3, -0.25) is 9.59 Å². The van der Waals surface area contributed by atoms with Gasteiger partial charge >= 0.3 is 0 Å². The van der Waals surface area contributed by atoms with Crippen molar-refractivity contribution in [3.05, 3.63) is 52.0 Å². The number of hydrogen-bond acceptors (Lipinski definition) is 6. The zero-order valence-corrected chi connectivity index (χ0v) is 19.7. The van der Waals surface area contributed by atoms with Gasteiger partial charge in [-0.25, -0.2) is 4.98 Å². The summed E-state index contributed by atoms with van der Waals surface area (Å²) in [5, 5.41) is 24.2. The maximum Gasteiger partial charge on any atom is 0.254 e. The first-order chi connectivity index (χ1) is 16.0. The Morgan fingerprint density at radius 2 is 1.82 bits per heavy atom. The number of carbonyl (C=O) groups is 2. The number of nitrogens with one attached hydrogen (secondary N) is 1. The number of aliphatic hydroxyl groups is 2. The van der Waals surface area contributed by atoms with Crippen LogP contribution in [0.5, 0.6) is 0 Å². The molecule has 1 saturated carbocycles. The monoisotopic (exact) mass is 471 g/mol. The molecule has 3 N–H and O–H groups in total. The molecule has 33 heavy (non-hydrogen) atoms. The summed E-state index contributed by atoms with van der Waals surface area (Å²) in [6.45, 7) is 0.722. The largest absolute Gasteiger partial charge is 0.380 e. The molecule has 2 aromatic rings. The van der Waals surface area contributed by atoms with E-state index in [0.29, 0.717) is 17.5 Å². The number of likely N-dealkylation sites (tertiary alicyclic amines) is 1. The zero-order chi connectivity index (χ0) is 23.2. The van der Waals surface area contributed by atoms with E-state index in [2.05, 4.69) is 22.4 Å². The molecule has 0 radical (unpaired) electrons. The van der Waals surface area contributed by atoms with E-state index in [1.165, 1.54) is 36.2 Å². The number of carbonyl (C=O) groups excluding carboxylic acids is 2. The summed E-state index contributed by atoms with van der Waals surface area (Å²) in [6, 6.07) is 10.2. The Morgan fingerprint density at radius 3 is 2.58 bits per heavy atom. The third-order valence-electron chi connectivity index (χ3n) is 6.83. The molecule has 8 heteroatoms. The Labute approximate surface area is 198 Å². The Bertz CT molecular complexity index is 929. The van der Waals surface area contributed by atoms with Crippen LogP contribution in [-0.2, 0) is 22.6 Å².